The highest BCUT2D eigenvalue weighted by Gasteiger charge is 1.94. The van der Waals surface area contributed by atoms with Crippen LogP contribution in [-0.4, -0.2) is 16.6 Å². The number of hydrogen-bond donors (Lipinski definition) is 2. The molecule has 0 bridgehead atoms. The summed E-state index contributed by atoms with van der Waals surface area (Å²) in [6, 6.07) is 0. The van der Waals surface area contributed by atoms with E-state index in [9.17, 15) is 4.79 Å². The lowest BCUT2D eigenvalue weighted by Gasteiger charge is -1.90. The van der Waals surface area contributed by atoms with Crippen molar-refractivity contribution in [2.45, 2.75) is 6.92 Å². The van der Waals surface area contributed by atoms with Crippen molar-refractivity contribution in [3.63, 3.8) is 0 Å². The molecule has 0 radical (unpaired) electrons. The van der Waals surface area contributed by atoms with Crippen molar-refractivity contribution in [1.82, 2.24) is 10.2 Å². The van der Waals surface area contributed by atoms with E-state index in [1.807, 2.05) is 6.92 Å². The van der Waals surface area contributed by atoms with Crippen LogP contribution in [-0.2, 0) is 4.79 Å². The van der Waals surface area contributed by atoms with Crippen LogP contribution in [0, 0.1) is 6.92 Å². The Bertz CT molecular complexity index is 206. The Balaban J connectivity index is 2.80. The van der Waals surface area contributed by atoms with Gasteiger partial charge in [0, 0.05) is 0 Å². The molecular formula is C5H7N3O. The highest BCUT2D eigenvalue weighted by atomic mass is 16.1. The number of carbonyl (C=O) groups is 1. The zero-order valence-electron chi connectivity index (χ0n) is 5.01. The van der Waals surface area contributed by atoms with Gasteiger partial charge in [-0.3, -0.25) is 9.89 Å². The van der Waals surface area contributed by atoms with Crippen LogP contribution < -0.4 is 5.32 Å². The molecule has 0 saturated carbocycles. The van der Waals surface area contributed by atoms with Crippen molar-refractivity contribution in [1.29, 1.82) is 0 Å². The van der Waals surface area contributed by atoms with Gasteiger partial charge in [0.1, 0.15) is 0 Å². The second-order valence-corrected chi connectivity index (χ2v) is 1.67. The Morgan fingerprint density at radius 3 is 3.11 bits per heavy atom. The number of aryl methyl sites for hydroxylation is 1. The molecule has 1 amide bonds. The van der Waals surface area contributed by atoms with E-state index in [1.165, 1.54) is 0 Å². The van der Waals surface area contributed by atoms with E-state index in [-0.39, 0.29) is 0 Å². The number of nitrogens with zero attached hydrogens (tertiary/aromatic N) is 1. The van der Waals surface area contributed by atoms with E-state index in [2.05, 4.69) is 15.5 Å². The summed E-state index contributed by atoms with van der Waals surface area (Å²) >= 11 is 0. The minimum absolute atomic E-state index is 0.623. The van der Waals surface area contributed by atoms with Gasteiger partial charge < -0.3 is 5.32 Å². The van der Waals surface area contributed by atoms with Crippen LogP contribution in [0.4, 0.5) is 5.69 Å². The van der Waals surface area contributed by atoms with E-state index in [1.54, 1.807) is 6.20 Å². The third kappa shape index (κ3) is 1.07. The SMILES string of the molecule is Cc1[nH]ncc1NC=O. The van der Waals surface area contributed by atoms with E-state index in [0.29, 0.717) is 6.41 Å². The van der Waals surface area contributed by atoms with Gasteiger partial charge in [0.2, 0.25) is 6.41 Å². The quantitative estimate of drug-likeness (QED) is 0.558. The van der Waals surface area contributed by atoms with Crippen LogP contribution >= 0.6 is 0 Å². The fourth-order valence-electron chi connectivity index (χ4n) is 0.560. The first-order valence-corrected chi connectivity index (χ1v) is 2.54. The van der Waals surface area contributed by atoms with Crippen molar-refractivity contribution in [2.24, 2.45) is 0 Å². The van der Waals surface area contributed by atoms with Crippen LogP contribution in [0.5, 0.6) is 0 Å². The predicted octanol–water partition coefficient (Wildman–Crippen LogP) is 0.286. The van der Waals surface area contributed by atoms with Crippen molar-refractivity contribution < 1.29 is 4.79 Å². The Morgan fingerprint density at radius 1 is 1.89 bits per heavy atom. The number of carbonyl (C=O) groups excluding carboxylic acids is 1. The van der Waals surface area contributed by atoms with Crippen molar-refractivity contribution in [3.8, 4) is 0 Å². The first-order valence-electron chi connectivity index (χ1n) is 2.54. The smallest absolute Gasteiger partial charge is 0.211 e. The Labute approximate surface area is 52.3 Å². The van der Waals surface area contributed by atoms with Gasteiger partial charge in [0.15, 0.2) is 0 Å². The highest BCUT2D eigenvalue weighted by Crippen LogP contribution is 2.06. The normalized spacial score (nSPS) is 9.00. The molecule has 0 unspecified atom stereocenters. The molecule has 9 heavy (non-hydrogen) atoms. The van der Waals surface area contributed by atoms with Gasteiger partial charge in [0.25, 0.3) is 0 Å². The second kappa shape index (κ2) is 2.30. The van der Waals surface area contributed by atoms with E-state index < -0.39 is 0 Å². The summed E-state index contributed by atoms with van der Waals surface area (Å²) in [4.78, 5) is 9.87. The standard InChI is InChI=1S/C5H7N3O/c1-4-5(6-3-9)2-7-8-4/h2-3H,1H3,(H,6,9)(H,7,8). The van der Waals surface area contributed by atoms with Crippen molar-refractivity contribution >= 4 is 12.1 Å². The van der Waals surface area contributed by atoms with Gasteiger partial charge in [-0.05, 0) is 6.92 Å². The average Bonchev–Trinajstić information content (AvgIpc) is 2.18. The molecule has 0 atom stereocenters. The minimum Gasteiger partial charge on any atom is -0.326 e. The molecule has 0 aliphatic rings. The molecule has 1 rings (SSSR count). The van der Waals surface area contributed by atoms with E-state index >= 15 is 0 Å². The first-order chi connectivity index (χ1) is 4.34. The highest BCUT2D eigenvalue weighted by molar-refractivity contribution is 5.71. The molecule has 0 fully saturated rings. The number of nitrogens with one attached hydrogen (secondary N) is 2. The van der Waals surface area contributed by atoms with Crippen LogP contribution in [0.1, 0.15) is 5.69 Å². The summed E-state index contributed by atoms with van der Waals surface area (Å²) < 4.78 is 0. The molecule has 1 heterocycles. The summed E-state index contributed by atoms with van der Waals surface area (Å²) in [6.45, 7) is 1.83. The van der Waals surface area contributed by atoms with Gasteiger partial charge in [-0.2, -0.15) is 5.10 Å². The molecular weight excluding hydrogens is 118 g/mol. The summed E-state index contributed by atoms with van der Waals surface area (Å²) in [5.41, 5.74) is 1.59. The van der Waals surface area contributed by atoms with Crippen LogP contribution in [0.2, 0.25) is 0 Å². The number of aromatic nitrogens is 2. The Hall–Kier alpha value is -1.32. The average molecular weight is 125 g/mol. The first kappa shape index (κ1) is 5.81. The van der Waals surface area contributed by atoms with Crippen LogP contribution in [0.15, 0.2) is 6.20 Å². The third-order valence-corrected chi connectivity index (χ3v) is 1.04. The molecule has 0 aromatic carbocycles. The molecule has 1 aromatic rings. The number of aromatic amines is 1. The fraction of sp³-hybridized carbons (Fsp3) is 0.200. The number of H-pyrrole nitrogens is 1. The van der Waals surface area contributed by atoms with Gasteiger partial charge >= 0.3 is 0 Å². The zero-order valence-corrected chi connectivity index (χ0v) is 5.01. The molecule has 4 nitrogen and oxygen atoms in total. The maximum atomic E-state index is 9.87. The van der Waals surface area contributed by atoms with Gasteiger partial charge in [-0.1, -0.05) is 0 Å². The number of rotatable bonds is 2. The third-order valence-electron chi connectivity index (χ3n) is 1.04. The molecule has 4 heteroatoms. The molecule has 48 valence electrons. The Morgan fingerprint density at radius 2 is 2.67 bits per heavy atom. The van der Waals surface area contributed by atoms with E-state index in [4.69, 9.17) is 0 Å². The number of hydrogen-bond acceptors (Lipinski definition) is 2. The monoisotopic (exact) mass is 125 g/mol. The van der Waals surface area contributed by atoms with Crippen LogP contribution in [0.3, 0.4) is 0 Å². The summed E-state index contributed by atoms with van der Waals surface area (Å²) in [7, 11) is 0. The predicted molar refractivity (Wildman–Crippen MR) is 33.0 cm³/mol. The van der Waals surface area contributed by atoms with E-state index in [0.717, 1.165) is 11.4 Å². The summed E-state index contributed by atoms with van der Waals surface area (Å²) in [6.07, 6.45) is 2.18. The maximum Gasteiger partial charge on any atom is 0.211 e. The largest absolute Gasteiger partial charge is 0.326 e. The van der Waals surface area contributed by atoms with Gasteiger partial charge in [-0.25, -0.2) is 0 Å². The number of amides is 1. The zero-order chi connectivity index (χ0) is 6.69. The second-order valence-electron chi connectivity index (χ2n) is 1.67. The number of anilines is 1. The maximum absolute atomic E-state index is 9.87. The molecule has 0 aliphatic heterocycles. The van der Waals surface area contributed by atoms with Gasteiger partial charge in [0.05, 0.1) is 17.6 Å². The Kier molecular flexibility index (Phi) is 1.48. The topological polar surface area (TPSA) is 57.8 Å². The van der Waals surface area contributed by atoms with Crippen molar-refractivity contribution in [2.75, 3.05) is 5.32 Å². The minimum atomic E-state index is 0.623. The summed E-state index contributed by atoms with van der Waals surface area (Å²) in [5.74, 6) is 0. The molecule has 0 spiro atoms. The summed E-state index contributed by atoms with van der Waals surface area (Å²) in [5, 5.41) is 8.86. The van der Waals surface area contributed by atoms with Gasteiger partial charge in [-0.15, -0.1) is 0 Å². The molecule has 0 aliphatic carbocycles. The lowest BCUT2D eigenvalue weighted by molar-refractivity contribution is -0.105. The molecule has 1 aromatic heterocycles. The van der Waals surface area contributed by atoms with Crippen molar-refractivity contribution in [3.05, 3.63) is 11.9 Å². The lowest BCUT2D eigenvalue weighted by Crippen LogP contribution is -1.92. The molecule has 0 saturated heterocycles. The molecule has 2 N–H and O–H groups in total. The fourth-order valence-corrected chi connectivity index (χ4v) is 0.560. The van der Waals surface area contributed by atoms with Crippen LogP contribution in [0.25, 0.3) is 0 Å². The lowest BCUT2D eigenvalue weighted by atomic mass is 10.4.